The lowest BCUT2D eigenvalue weighted by atomic mass is 10.1. The Bertz CT molecular complexity index is 586. The normalized spacial score (nSPS) is 18.7. The second-order valence-corrected chi connectivity index (χ2v) is 6.42. The molecule has 1 fully saturated rings. The van der Waals surface area contributed by atoms with Crippen LogP contribution >= 0.6 is 0 Å². The summed E-state index contributed by atoms with van der Waals surface area (Å²) >= 11 is 0. The fraction of sp³-hybridized carbons (Fsp3) is 0.529. The Morgan fingerprint density at radius 1 is 1.13 bits per heavy atom. The molecule has 0 radical (unpaired) electrons. The summed E-state index contributed by atoms with van der Waals surface area (Å²) in [5, 5.41) is 0. The number of nitrogens with zero attached hydrogens (tertiary/aromatic N) is 4. The van der Waals surface area contributed by atoms with E-state index >= 15 is 0 Å². The zero-order chi connectivity index (χ0) is 17.1. The molecule has 1 aliphatic rings. The minimum Gasteiger partial charge on any atom is -0.378 e. The molecule has 1 aromatic rings. The average molecular weight is 318 g/mol. The third-order valence-electron chi connectivity index (χ3n) is 4.27. The lowest BCUT2D eigenvalue weighted by molar-refractivity contribution is -0.135. The molecule has 1 saturated heterocycles. The third kappa shape index (κ3) is 3.82. The van der Waals surface area contributed by atoms with Crippen molar-refractivity contribution >= 4 is 17.5 Å². The van der Waals surface area contributed by atoms with Gasteiger partial charge in [0.1, 0.15) is 6.04 Å². The van der Waals surface area contributed by atoms with Gasteiger partial charge in [-0.05, 0) is 25.2 Å². The van der Waals surface area contributed by atoms with Crippen LogP contribution in [0.5, 0.6) is 0 Å². The molecule has 1 aliphatic heterocycles. The van der Waals surface area contributed by atoms with Crippen LogP contribution in [0.2, 0.25) is 0 Å². The number of anilines is 1. The van der Waals surface area contributed by atoms with Crippen LogP contribution in [-0.2, 0) is 4.79 Å². The first kappa shape index (κ1) is 17.3. The van der Waals surface area contributed by atoms with Crippen molar-refractivity contribution in [1.82, 2.24) is 14.7 Å². The molecule has 6 nitrogen and oxygen atoms in total. The summed E-state index contributed by atoms with van der Waals surface area (Å²) in [6.45, 7) is 1.76. The van der Waals surface area contributed by atoms with Gasteiger partial charge in [-0.2, -0.15) is 0 Å². The Morgan fingerprint density at radius 2 is 1.83 bits per heavy atom. The van der Waals surface area contributed by atoms with E-state index in [2.05, 4.69) is 0 Å². The van der Waals surface area contributed by atoms with E-state index in [0.717, 1.165) is 5.69 Å². The van der Waals surface area contributed by atoms with Crippen LogP contribution in [0, 0.1) is 0 Å². The van der Waals surface area contributed by atoms with Gasteiger partial charge >= 0.3 is 0 Å². The van der Waals surface area contributed by atoms with Crippen molar-refractivity contribution in [2.45, 2.75) is 6.04 Å². The summed E-state index contributed by atoms with van der Waals surface area (Å²) in [4.78, 5) is 32.4. The molecule has 0 N–H and O–H groups in total. The SMILES string of the molecule is CN(C)C(=O)[C@@H]1CN(C(=O)c2cccc(N(C)C)c2)CCN1C. The molecule has 0 spiro atoms. The van der Waals surface area contributed by atoms with Crippen LogP contribution in [0.15, 0.2) is 24.3 Å². The van der Waals surface area contributed by atoms with Crippen molar-refractivity contribution in [1.29, 1.82) is 0 Å². The quantitative estimate of drug-likeness (QED) is 0.819. The van der Waals surface area contributed by atoms with E-state index in [1.807, 2.05) is 55.2 Å². The number of carbonyl (C=O) groups excluding carboxylic acids is 2. The monoisotopic (exact) mass is 318 g/mol. The highest BCUT2D eigenvalue weighted by atomic mass is 16.2. The Morgan fingerprint density at radius 3 is 2.43 bits per heavy atom. The highest BCUT2D eigenvalue weighted by molar-refractivity contribution is 5.96. The van der Waals surface area contributed by atoms with Crippen LogP contribution in [0.25, 0.3) is 0 Å². The van der Waals surface area contributed by atoms with E-state index in [9.17, 15) is 9.59 Å². The zero-order valence-electron chi connectivity index (χ0n) is 14.6. The van der Waals surface area contributed by atoms with Gasteiger partial charge in [0.05, 0.1) is 0 Å². The van der Waals surface area contributed by atoms with Gasteiger partial charge in [0.2, 0.25) is 5.91 Å². The second-order valence-electron chi connectivity index (χ2n) is 6.42. The van der Waals surface area contributed by atoms with Crippen molar-refractivity contribution in [3.63, 3.8) is 0 Å². The van der Waals surface area contributed by atoms with Crippen LogP contribution in [-0.4, -0.2) is 87.4 Å². The highest BCUT2D eigenvalue weighted by Crippen LogP contribution is 2.17. The summed E-state index contributed by atoms with van der Waals surface area (Å²) in [7, 11) is 9.33. The van der Waals surface area contributed by atoms with E-state index in [0.29, 0.717) is 25.2 Å². The maximum absolute atomic E-state index is 12.8. The van der Waals surface area contributed by atoms with Gasteiger partial charge in [-0.15, -0.1) is 0 Å². The lowest BCUT2D eigenvalue weighted by Gasteiger charge is -2.39. The van der Waals surface area contributed by atoms with Crippen LogP contribution < -0.4 is 4.90 Å². The Balaban J connectivity index is 2.16. The predicted octanol–water partition coefficient (Wildman–Crippen LogP) is 0.597. The summed E-state index contributed by atoms with van der Waals surface area (Å²) in [5.41, 5.74) is 1.66. The van der Waals surface area contributed by atoms with Crippen LogP contribution in [0.4, 0.5) is 5.69 Å². The summed E-state index contributed by atoms with van der Waals surface area (Å²) < 4.78 is 0. The number of amides is 2. The second kappa shape index (κ2) is 7.00. The van der Waals surface area contributed by atoms with Crippen molar-refractivity contribution in [3.05, 3.63) is 29.8 Å². The molecule has 0 aromatic heterocycles. The minimum absolute atomic E-state index is 0.0154. The first-order chi connectivity index (χ1) is 10.8. The van der Waals surface area contributed by atoms with Crippen LogP contribution in [0.3, 0.4) is 0 Å². The number of carbonyl (C=O) groups is 2. The molecule has 6 heteroatoms. The Labute approximate surface area is 138 Å². The largest absolute Gasteiger partial charge is 0.378 e. The van der Waals surface area contributed by atoms with Crippen molar-refractivity contribution in [2.24, 2.45) is 0 Å². The van der Waals surface area contributed by atoms with Gasteiger partial charge in [-0.1, -0.05) is 6.07 Å². The van der Waals surface area contributed by atoms with Crippen LogP contribution in [0.1, 0.15) is 10.4 Å². The number of rotatable bonds is 3. The van der Waals surface area contributed by atoms with Crippen molar-refractivity contribution in [3.8, 4) is 0 Å². The van der Waals surface area contributed by atoms with Gasteiger partial charge in [-0.25, -0.2) is 0 Å². The molecular weight excluding hydrogens is 292 g/mol. The minimum atomic E-state index is -0.278. The van der Waals surface area contributed by atoms with Crippen molar-refractivity contribution in [2.75, 3.05) is 59.8 Å². The van der Waals surface area contributed by atoms with Gasteiger partial charge in [0.25, 0.3) is 5.91 Å². The molecule has 2 amide bonds. The topological polar surface area (TPSA) is 47.1 Å². The van der Waals surface area contributed by atoms with Gasteiger partial charge < -0.3 is 14.7 Å². The molecule has 0 bridgehead atoms. The average Bonchev–Trinajstić information content (AvgIpc) is 2.54. The van der Waals surface area contributed by atoms with Gasteiger partial charge in [0.15, 0.2) is 0 Å². The summed E-state index contributed by atoms with van der Waals surface area (Å²) in [5.74, 6) is 0.0189. The zero-order valence-corrected chi connectivity index (χ0v) is 14.6. The summed E-state index contributed by atoms with van der Waals surface area (Å²) in [6.07, 6.45) is 0. The molecule has 0 aliphatic carbocycles. The molecule has 126 valence electrons. The standard InChI is InChI=1S/C17H26N4O2/c1-18(2)14-8-6-7-13(11-14)16(22)21-10-9-20(5)15(12-21)17(23)19(3)4/h6-8,11,15H,9-10,12H2,1-5H3/t15-/m0/s1. The molecule has 0 unspecified atom stereocenters. The fourth-order valence-corrected chi connectivity index (χ4v) is 2.72. The molecule has 23 heavy (non-hydrogen) atoms. The summed E-state index contributed by atoms with van der Waals surface area (Å²) in [6, 6.07) is 7.31. The Kier molecular flexibility index (Phi) is 5.26. The molecule has 1 atom stereocenters. The molecule has 2 rings (SSSR count). The Hall–Kier alpha value is -2.08. The fourth-order valence-electron chi connectivity index (χ4n) is 2.72. The molecule has 0 saturated carbocycles. The van der Waals surface area contributed by atoms with E-state index in [-0.39, 0.29) is 17.9 Å². The predicted molar refractivity (Wildman–Crippen MR) is 91.8 cm³/mol. The number of hydrogen-bond donors (Lipinski definition) is 0. The van der Waals surface area contributed by atoms with Crippen molar-refractivity contribution < 1.29 is 9.59 Å². The van der Waals surface area contributed by atoms with E-state index in [1.54, 1.807) is 23.9 Å². The number of likely N-dealkylation sites (N-methyl/N-ethyl adjacent to an activating group) is 2. The molecule has 1 aromatic carbocycles. The third-order valence-corrected chi connectivity index (χ3v) is 4.27. The number of hydrogen-bond acceptors (Lipinski definition) is 4. The number of benzene rings is 1. The maximum Gasteiger partial charge on any atom is 0.254 e. The lowest BCUT2D eigenvalue weighted by Crippen LogP contribution is -2.58. The number of piperazine rings is 1. The van der Waals surface area contributed by atoms with Gasteiger partial charge in [-0.3, -0.25) is 14.5 Å². The first-order valence-corrected chi connectivity index (χ1v) is 7.79. The van der Waals surface area contributed by atoms with E-state index < -0.39 is 0 Å². The van der Waals surface area contributed by atoms with Gasteiger partial charge in [0, 0.05) is 59.1 Å². The van der Waals surface area contributed by atoms with E-state index in [1.165, 1.54) is 0 Å². The molecular formula is C17H26N4O2. The first-order valence-electron chi connectivity index (χ1n) is 7.79. The maximum atomic E-state index is 12.8. The van der Waals surface area contributed by atoms with E-state index in [4.69, 9.17) is 0 Å². The smallest absolute Gasteiger partial charge is 0.254 e. The molecule has 1 heterocycles. The highest BCUT2D eigenvalue weighted by Gasteiger charge is 2.33.